The van der Waals surface area contributed by atoms with Gasteiger partial charge in [0.05, 0.1) is 61.3 Å². The molecule has 33 nitrogen and oxygen atoms in total. The molecule has 0 fully saturated rings. The van der Waals surface area contributed by atoms with Crippen molar-refractivity contribution in [1.82, 2.24) is 5.32 Å². The highest BCUT2D eigenvalue weighted by Gasteiger charge is 2.33. The summed E-state index contributed by atoms with van der Waals surface area (Å²) < 4.78 is 94.3. The lowest BCUT2D eigenvalue weighted by Gasteiger charge is -2.19. The number of carbonyl (C=O) groups excluding carboxylic acids is 9. The number of nitrogens with two attached hydrogens (primary N) is 3. The van der Waals surface area contributed by atoms with Gasteiger partial charge in [-0.2, -0.15) is 16.8 Å². The van der Waals surface area contributed by atoms with Gasteiger partial charge in [0.25, 0.3) is 20.2 Å². The fourth-order valence-corrected chi connectivity index (χ4v) is 13.8. The molecule has 818 valence electrons. The van der Waals surface area contributed by atoms with Crippen LogP contribution in [0.15, 0.2) is 58.3 Å². The first-order valence-electron chi connectivity index (χ1n) is 48.5. The van der Waals surface area contributed by atoms with Crippen molar-refractivity contribution in [2.75, 3.05) is 39.6 Å². The SMILES string of the molecule is C.CC.CC(=O)CC(CC(C)C)C(=O)OCCCCCCOC(=O)C(N)CC(C)C.CC(C)CC(N)C(=O)OCCCCCCOC(=O)C(N)CC(C)C.CCC(CC(C)C)C(=O)OCCCCCCOC(=O)C(CC(C)C)NC(=O)CCCCCCCCC(=O)O.Cc1ccc(S(=O)(=O)O)cc1.Cc1ccc(S(=O)(=O)O)cc1.O=C(O)CCCCCCCCC(=O)O.O=C(OC(Cl)(Cl)Cl)OC(Cl)(Cl)Cl. The molecule has 0 aromatic heterocycles. The topological polar surface area (TPSA) is 538 Å². The van der Waals surface area contributed by atoms with E-state index in [2.05, 4.69) is 28.6 Å². The predicted molar refractivity (Wildman–Crippen MR) is 551 cm³/mol. The Hall–Kier alpha value is -6.48. The number of carbonyl (C=O) groups is 12. The molecule has 12 N–H and O–H groups in total. The van der Waals surface area contributed by atoms with Gasteiger partial charge in [-0.15, -0.1) is 0 Å². The van der Waals surface area contributed by atoms with Gasteiger partial charge in [0.2, 0.25) is 5.91 Å². The van der Waals surface area contributed by atoms with Gasteiger partial charge in [0.15, 0.2) is 0 Å². The largest absolute Gasteiger partial charge is 0.515 e. The second kappa shape index (κ2) is 89.0. The molecule has 140 heavy (non-hydrogen) atoms. The van der Waals surface area contributed by atoms with Crippen LogP contribution in [0.2, 0.25) is 0 Å². The average molecular weight is 2160 g/mol. The van der Waals surface area contributed by atoms with Crippen LogP contribution >= 0.6 is 69.6 Å². The number of benzene rings is 2. The highest BCUT2D eigenvalue weighted by molar-refractivity contribution is 7.86. The molecule has 0 aliphatic rings. The Morgan fingerprint density at radius 2 is 0.579 bits per heavy atom. The van der Waals surface area contributed by atoms with Gasteiger partial charge in [-0.05, 0) is 298 Å². The highest BCUT2D eigenvalue weighted by atomic mass is 35.6. The minimum atomic E-state index is -4.02. The van der Waals surface area contributed by atoms with Crippen LogP contribution in [0.1, 0.15) is 360 Å². The first kappa shape index (κ1) is 146. The van der Waals surface area contributed by atoms with Gasteiger partial charge in [-0.3, -0.25) is 52.3 Å². The highest BCUT2D eigenvalue weighted by Crippen LogP contribution is 2.33. The Morgan fingerprint density at radius 3 is 0.814 bits per heavy atom. The summed E-state index contributed by atoms with van der Waals surface area (Å²) in [4.78, 5) is 137. The lowest BCUT2D eigenvalue weighted by atomic mass is 9.93. The van der Waals surface area contributed by atoms with Crippen molar-refractivity contribution in [3.8, 4) is 0 Å². The Morgan fingerprint density at radius 1 is 0.350 bits per heavy atom. The minimum absolute atomic E-state index is 0. The number of halogens is 6. The molecule has 2 aromatic rings. The second-order valence-corrected chi connectivity index (χ2v) is 43.2. The molecule has 6 atom stereocenters. The molecule has 0 aliphatic heterocycles. The first-order valence-corrected chi connectivity index (χ1v) is 53.6. The Bertz CT molecular complexity index is 3710. The fraction of sp³-hybridized carbons (Fsp3) is 0.758. The molecule has 2 rings (SSSR count). The van der Waals surface area contributed by atoms with E-state index in [0.29, 0.717) is 114 Å². The van der Waals surface area contributed by atoms with Crippen LogP contribution in [-0.4, -0.2) is 185 Å². The number of nitrogens with one attached hydrogen (secondary N) is 1. The van der Waals surface area contributed by atoms with Crippen LogP contribution in [-0.2, 0) is 111 Å². The van der Waals surface area contributed by atoms with Crippen molar-refractivity contribution >= 4 is 161 Å². The molecule has 0 bridgehead atoms. The van der Waals surface area contributed by atoms with Crippen LogP contribution in [0.25, 0.3) is 0 Å². The number of hydrogen-bond acceptors (Lipinski definition) is 27. The van der Waals surface area contributed by atoms with Crippen molar-refractivity contribution in [1.29, 1.82) is 0 Å². The zero-order valence-corrected chi connectivity index (χ0v) is 91.8. The van der Waals surface area contributed by atoms with E-state index in [1.54, 1.807) is 24.3 Å². The van der Waals surface area contributed by atoms with E-state index in [1.165, 1.54) is 31.2 Å². The van der Waals surface area contributed by atoms with Crippen LogP contribution in [0.4, 0.5) is 4.79 Å². The van der Waals surface area contributed by atoms with Gasteiger partial charge in [0.1, 0.15) is 30.0 Å². The number of carboxylic acid groups (broad SMARTS) is 3. The lowest BCUT2D eigenvalue weighted by molar-refractivity contribution is -0.151. The molecule has 0 saturated carbocycles. The van der Waals surface area contributed by atoms with Crippen molar-refractivity contribution in [3.05, 3.63) is 59.7 Å². The summed E-state index contributed by atoms with van der Waals surface area (Å²) in [6, 6.07) is 9.75. The van der Waals surface area contributed by atoms with Gasteiger partial charge >= 0.3 is 67.8 Å². The van der Waals surface area contributed by atoms with E-state index in [-0.39, 0.29) is 108 Å². The molecular weight excluding hydrogens is 1990 g/mol. The van der Waals surface area contributed by atoms with Gasteiger partial charge in [0, 0.05) is 32.1 Å². The number of ketones is 1. The lowest BCUT2D eigenvalue weighted by Crippen LogP contribution is -2.42. The van der Waals surface area contributed by atoms with Crippen LogP contribution in [0, 0.1) is 61.2 Å². The van der Waals surface area contributed by atoms with E-state index >= 15 is 0 Å². The van der Waals surface area contributed by atoms with Crippen molar-refractivity contribution in [3.63, 3.8) is 0 Å². The number of alkyl halides is 6. The number of hydrogen-bond donors (Lipinski definition) is 9. The van der Waals surface area contributed by atoms with Crippen molar-refractivity contribution in [2.24, 2.45) is 64.5 Å². The number of unbranched alkanes of at least 4 members (excludes halogenated alkanes) is 19. The number of esters is 6. The van der Waals surface area contributed by atoms with Crippen molar-refractivity contribution < 1.29 is 137 Å². The summed E-state index contributed by atoms with van der Waals surface area (Å²) in [6.45, 7) is 37.9. The maximum absolute atomic E-state index is 12.6. The Kier molecular flexibility index (Phi) is 93.1. The van der Waals surface area contributed by atoms with Crippen molar-refractivity contribution in [2.45, 2.75) is 405 Å². The van der Waals surface area contributed by atoms with Crippen LogP contribution in [0.5, 0.6) is 0 Å². The zero-order chi connectivity index (χ0) is 108. The number of aryl methyl sites for hydroxylation is 2. The number of Topliss-reactive ketones (excluding diaryl/α,β-unsaturated/α-hetero) is 1. The van der Waals surface area contributed by atoms with E-state index in [0.717, 1.165) is 172 Å². The molecule has 0 heterocycles. The van der Waals surface area contributed by atoms with E-state index in [9.17, 15) is 74.4 Å². The number of amides is 1. The standard InChI is InChI=1S/C30H55NO7.C21H39NO5.C18H36N2O4.C10H18O4.2C7H8O3S.C3Cl6O3.C2H6.CH4/c1-6-25(21-23(2)3)29(35)37-19-15-11-12-16-20-38-30(36)26(22-24(4)5)31-27(32)17-13-9-7-8-10-14-18-28(33)34;1-15(2)12-18(14-17(5)23)20(24)26-10-8-6-7-9-11-27-21(25)19(22)13-16(3)4;1-13(2)11-15(19)17(21)23-9-7-5-6-8-10-24-18(22)16(20)12-14(3)4;11-9(12)7-5-3-1-2-4-6-8-10(13)14;2*1-6-2-4-7(5-3-6)11(8,9)10;4-2(5,6)11-1(10)12-3(7,8)9;1-2;/h23-26H,6-22H2,1-5H3,(H,31,32)(H,33,34);15-16,18-19H,6-14,22H2,1-5H3;13-16H,5-12,19-20H2,1-4H3;1-8H2,(H,11,12)(H,13,14);2*2-5H,1H3,(H,8,9,10);;1-2H3;1H4. The summed E-state index contributed by atoms with van der Waals surface area (Å²) in [5.41, 5.74) is 19.2. The molecule has 0 spiro atoms. The molecular formula is C99H174Cl6N4O29S2. The quantitative estimate of drug-likeness (QED) is 0.00976. The van der Waals surface area contributed by atoms with Gasteiger partial charge in [-0.1, -0.05) is 198 Å². The maximum atomic E-state index is 12.6. The minimum Gasteiger partial charge on any atom is -0.481 e. The first-order chi connectivity index (χ1) is 64.6. The predicted octanol–water partition coefficient (Wildman–Crippen LogP) is 22.7. The normalized spacial score (nSPS) is 12.4. The van der Waals surface area contributed by atoms with Crippen LogP contribution in [0.3, 0.4) is 0 Å². The maximum Gasteiger partial charge on any atom is 0.515 e. The summed E-state index contributed by atoms with van der Waals surface area (Å²) in [5, 5.41) is 28.2. The summed E-state index contributed by atoms with van der Waals surface area (Å²) in [6.07, 6.45) is 25.3. The van der Waals surface area contributed by atoms with Gasteiger partial charge < -0.3 is 80.5 Å². The zero-order valence-electron chi connectivity index (χ0n) is 85.6. The molecule has 2 aromatic carbocycles. The second-order valence-electron chi connectivity index (χ2n) is 36.0. The fourth-order valence-electron chi connectivity index (χ4n) is 12.5. The number of carboxylic acids is 3. The van der Waals surface area contributed by atoms with Crippen LogP contribution < -0.4 is 22.5 Å². The number of rotatable bonds is 63. The third-order valence-corrected chi connectivity index (χ3v) is 21.5. The summed E-state index contributed by atoms with van der Waals surface area (Å²) >= 11 is 30.2. The van der Waals surface area contributed by atoms with Gasteiger partial charge in [-0.25, -0.2) is 9.59 Å². The average Bonchev–Trinajstić information content (AvgIpc) is 0.870. The Labute approximate surface area is 866 Å². The van der Waals surface area contributed by atoms with E-state index < -0.39 is 76.4 Å². The monoisotopic (exact) mass is 2160 g/mol. The summed E-state index contributed by atoms with van der Waals surface area (Å²) in [7, 11) is -8.04. The summed E-state index contributed by atoms with van der Waals surface area (Å²) in [5.74, 6) is -2.25. The van der Waals surface area contributed by atoms with E-state index in [4.69, 9.17) is 140 Å². The smallest absolute Gasteiger partial charge is 0.481 e. The van der Waals surface area contributed by atoms with E-state index in [1.807, 2.05) is 104 Å². The molecule has 41 heteroatoms. The number of ether oxygens (including phenoxy) is 8. The third-order valence-electron chi connectivity index (χ3n) is 19.3. The molecule has 0 aliphatic carbocycles. The number of aliphatic carboxylic acids is 3. The Balaban J connectivity index is -0.000000308. The molecule has 0 radical (unpaired) electrons. The third kappa shape index (κ3) is 102. The molecule has 1 amide bonds. The molecule has 6 unspecified atom stereocenters. The molecule has 0 saturated heterocycles.